The number of hydrogen-bond acceptors (Lipinski definition) is 5. The number of nitriles is 1. The van der Waals surface area contributed by atoms with Gasteiger partial charge in [0.15, 0.2) is 0 Å². The first-order valence-corrected chi connectivity index (χ1v) is 10.8. The Morgan fingerprint density at radius 1 is 1.07 bits per heavy atom. The molecule has 28 heavy (non-hydrogen) atoms. The van der Waals surface area contributed by atoms with Crippen molar-refractivity contribution in [3.8, 4) is 11.8 Å². The third kappa shape index (κ3) is 4.53. The smallest absolute Gasteiger partial charge is 0.243 e. The fraction of sp³-hybridized carbons (Fsp3) is 0.381. The quantitative estimate of drug-likeness (QED) is 0.746. The third-order valence-corrected chi connectivity index (χ3v) is 7.01. The van der Waals surface area contributed by atoms with Gasteiger partial charge in [-0.15, -0.1) is 0 Å². The molecule has 1 fully saturated rings. The molecular weight excluding hydrogens is 374 g/mol. The van der Waals surface area contributed by atoms with Crippen LogP contribution in [0, 0.1) is 25.2 Å². The first kappa shape index (κ1) is 20.3. The standard InChI is InChI=1S/C21H25N3O3S/c1-17-7-8-18(2)21(15-17)28(25,26)24-11-9-23(10-12-24)13-14-27-20-6-4-3-5-19(20)16-22/h3-8,15H,9-14H2,1-2H3. The Hall–Kier alpha value is -2.40. The predicted molar refractivity (Wildman–Crippen MR) is 108 cm³/mol. The number of rotatable bonds is 6. The van der Waals surface area contributed by atoms with Gasteiger partial charge in [0.1, 0.15) is 18.4 Å². The Kier molecular flexibility index (Phi) is 6.35. The van der Waals surface area contributed by atoms with Crippen LogP contribution in [-0.4, -0.2) is 57.0 Å². The van der Waals surface area contributed by atoms with Gasteiger partial charge in [-0.3, -0.25) is 4.90 Å². The van der Waals surface area contributed by atoms with Crippen LogP contribution in [0.3, 0.4) is 0 Å². The molecule has 1 heterocycles. The van der Waals surface area contributed by atoms with Crippen LogP contribution >= 0.6 is 0 Å². The number of para-hydroxylation sites is 1. The molecule has 0 atom stereocenters. The molecular formula is C21H25N3O3S. The first-order chi connectivity index (χ1) is 13.4. The van der Waals surface area contributed by atoms with Gasteiger partial charge in [0.25, 0.3) is 0 Å². The second-order valence-electron chi connectivity index (χ2n) is 6.97. The van der Waals surface area contributed by atoms with Crippen LogP contribution in [0.1, 0.15) is 16.7 Å². The van der Waals surface area contributed by atoms with Crippen molar-refractivity contribution in [1.82, 2.24) is 9.21 Å². The highest BCUT2D eigenvalue weighted by Crippen LogP contribution is 2.22. The molecule has 0 bridgehead atoms. The minimum atomic E-state index is -3.47. The van der Waals surface area contributed by atoms with Crippen molar-refractivity contribution in [2.45, 2.75) is 18.7 Å². The lowest BCUT2D eigenvalue weighted by Crippen LogP contribution is -2.49. The summed E-state index contributed by atoms with van der Waals surface area (Å²) in [5.74, 6) is 0.584. The maximum atomic E-state index is 13.0. The normalized spacial score (nSPS) is 15.9. The summed E-state index contributed by atoms with van der Waals surface area (Å²) in [4.78, 5) is 2.58. The Balaban J connectivity index is 1.54. The van der Waals surface area contributed by atoms with Crippen LogP contribution in [0.5, 0.6) is 5.75 Å². The number of hydrogen-bond donors (Lipinski definition) is 0. The lowest BCUT2D eigenvalue weighted by molar-refractivity contribution is 0.158. The zero-order chi connectivity index (χ0) is 20.1. The van der Waals surface area contributed by atoms with Gasteiger partial charge in [-0.05, 0) is 43.2 Å². The van der Waals surface area contributed by atoms with Gasteiger partial charge >= 0.3 is 0 Å². The average Bonchev–Trinajstić information content (AvgIpc) is 2.70. The summed E-state index contributed by atoms with van der Waals surface area (Å²) in [5, 5.41) is 9.10. The molecule has 3 rings (SSSR count). The van der Waals surface area contributed by atoms with Gasteiger partial charge in [-0.2, -0.15) is 9.57 Å². The topological polar surface area (TPSA) is 73.6 Å². The molecule has 0 N–H and O–H groups in total. The summed E-state index contributed by atoms with van der Waals surface area (Å²) in [6.07, 6.45) is 0. The van der Waals surface area contributed by atoms with E-state index in [-0.39, 0.29) is 0 Å². The van der Waals surface area contributed by atoms with Crippen molar-refractivity contribution in [2.75, 3.05) is 39.3 Å². The number of sulfonamides is 1. The molecule has 6 nitrogen and oxygen atoms in total. The molecule has 1 aliphatic rings. The van der Waals surface area contributed by atoms with Gasteiger partial charge in [0, 0.05) is 32.7 Å². The van der Waals surface area contributed by atoms with E-state index in [0.717, 1.165) is 11.1 Å². The molecule has 1 aliphatic heterocycles. The number of nitrogens with zero attached hydrogens (tertiary/aromatic N) is 3. The van der Waals surface area contributed by atoms with E-state index in [1.54, 1.807) is 28.6 Å². The maximum absolute atomic E-state index is 13.0. The zero-order valence-electron chi connectivity index (χ0n) is 16.3. The average molecular weight is 400 g/mol. The van der Waals surface area contributed by atoms with E-state index in [2.05, 4.69) is 11.0 Å². The molecule has 7 heteroatoms. The van der Waals surface area contributed by atoms with Crippen LogP contribution in [-0.2, 0) is 10.0 Å². The first-order valence-electron chi connectivity index (χ1n) is 9.33. The van der Waals surface area contributed by atoms with Crippen LogP contribution in [0.15, 0.2) is 47.4 Å². The minimum absolute atomic E-state index is 0.400. The van der Waals surface area contributed by atoms with Crippen molar-refractivity contribution in [3.05, 3.63) is 59.2 Å². The van der Waals surface area contributed by atoms with E-state index in [1.807, 2.05) is 32.0 Å². The fourth-order valence-electron chi connectivity index (χ4n) is 3.29. The number of piperazine rings is 1. The zero-order valence-corrected chi connectivity index (χ0v) is 17.1. The second kappa shape index (κ2) is 8.74. The summed E-state index contributed by atoms with van der Waals surface area (Å²) in [6.45, 7) is 7.13. The van der Waals surface area contributed by atoms with Crippen molar-refractivity contribution < 1.29 is 13.2 Å². The molecule has 0 amide bonds. The van der Waals surface area contributed by atoms with Crippen LogP contribution in [0.25, 0.3) is 0 Å². The molecule has 2 aromatic carbocycles. The SMILES string of the molecule is Cc1ccc(C)c(S(=O)(=O)N2CCN(CCOc3ccccc3C#N)CC2)c1. The van der Waals surface area contributed by atoms with Gasteiger partial charge in [-0.1, -0.05) is 24.3 Å². The van der Waals surface area contributed by atoms with E-state index in [4.69, 9.17) is 10.00 Å². The van der Waals surface area contributed by atoms with Gasteiger partial charge in [-0.25, -0.2) is 8.42 Å². The predicted octanol–water partition coefficient (Wildman–Crippen LogP) is 2.56. The van der Waals surface area contributed by atoms with Gasteiger partial charge < -0.3 is 4.74 Å². The summed E-state index contributed by atoms with van der Waals surface area (Å²) in [7, 11) is -3.47. The van der Waals surface area contributed by atoms with E-state index >= 15 is 0 Å². The third-order valence-electron chi connectivity index (χ3n) is 4.97. The Morgan fingerprint density at radius 3 is 2.50 bits per heavy atom. The van der Waals surface area contributed by atoms with Gasteiger partial charge in [0.05, 0.1) is 10.5 Å². The minimum Gasteiger partial charge on any atom is -0.491 e. The Bertz CT molecular complexity index is 975. The van der Waals surface area contributed by atoms with Crippen LogP contribution in [0.2, 0.25) is 0 Å². The van der Waals surface area contributed by atoms with Crippen LogP contribution < -0.4 is 4.74 Å². The van der Waals surface area contributed by atoms with Crippen molar-refractivity contribution >= 4 is 10.0 Å². The summed E-state index contributed by atoms with van der Waals surface area (Å²) < 4.78 is 33.3. The Labute approximate surface area is 167 Å². The van der Waals surface area contributed by atoms with Crippen molar-refractivity contribution in [3.63, 3.8) is 0 Å². The molecule has 148 valence electrons. The highest BCUT2D eigenvalue weighted by Gasteiger charge is 2.29. The fourth-order valence-corrected chi connectivity index (χ4v) is 5.02. The van der Waals surface area contributed by atoms with E-state index in [0.29, 0.717) is 55.5 Å². The number of benzene rings is 2. The molecule has 0 aromatic heterocycles. The summed E-state index contributed by atoms with van der Waals surface area (Å²) >= 11 is 0. The maximum Gasteiger partial charge on any atom is 0.243 e. The van der Waals surface area contributed by atoms with Crippen LogP contribution in [0.4, 0.5) is 0 Å². The molecule has 0 spiro atoms. The second-order valence-corrected chi connectivity index (χ2v) is 8.88. The van der Waals surface area contributed by atoms with Crippen molar-refractivity contribution in [2.24, 2.45) is 0 Å². The highest BCUT2D eigenvalue weighted by atomic mass is 32.2. The molecule has 1 saturated heterocycles. The van der Waals surface area contributed by atoms with E-state index < -0.39 is 10.0 Å². The largest absolute Gasteiger partial charge is 0.491 e. The summed E-state index contributed by atoms with van der Waals surface area (Å²) in [5.41, 5.74) is 2.24. The lowest BCUT2D eigenvalue weighted by Gasteiger charge is -2.34. The molecule has 0 radical (unpaired) electrons. The van der Waals surface area contributed by atoms with E-state index in [9.17, 15) is 8.42 Å². The van der Waals surface area contributed by atoms with Crippen molar-refractivity contribution in [1.29, 1.82) is 5.26 Å². The molecule has 0 unspecified atom stereocenters. The number of aryl methyl sites for hydroxylation is 2. The molecule has 0 saturated carbocycles. The van der Waals surface area contributed by atoms with Gasteiger partial charge in [0.2, 0.25) is 10.0 Å². The molecule has 0 aliphatic carbocycles. The molecule has 2 aromatic rings. The summed E-state index contributed by atoms with van der Waals surface area (Å²) in [6, 6.07) is 14.8. The highest BCUT2D eigenvalue weighted by molar-refractivity contribution is 7.89. The monoisotopic (exact) mass is 399 g/mol. The lowest BCUT2D eigenvalue weighted by atomic mass is 10.2. The van der Waals surface area contributed by atoms with E-state index in [1.165, 1.54) is 0 Å². The Morgan fingerprint density at radius 2 is 1.79 bits per heavy atom. The number of ether oxygens (including phenoxy) is 1.